The van der Waals surface area contributed by atoms with Crippen LogP contribution in [0, 0.1) is 0 Å². The number of anilines is 2. The molecule has 1 fully saturated rings. The number of nitrogens with zero attached hydrogens (tertiary/aromatic N) is 5. The van der Waals surface area contributed by atoms with Gasteiger partial charge in [-0.15, -0.1) is 6.58 Å². The summed E-state index contributed by atoms with van der Waals surface area (Å²) in [7, 11) is 0. The van der Waals surface area contributed by atoms with Crippen molar-refractivity contribution in [3.63, 3.8) is 0 Å². The molecule has 1 amide bonds. The van der Waals surface area contributed by atoms with E-state index in [0.29, 0.717) is 29.2 Å². The van der Waals surface area contributed by atoms with Gasteiger partial charge in [0.15, 0.2) is 0 Å². The highest BCUT2D eigenvalue weighted by Gasteiger charge is 2.33. The number of hydrogen-bond donors (Lipinski definition) is 1. The summed E-state index contributed by atoms with van der Waals surface area (Å²) in [6, 6.07) is 5.02. The molecule has 0 radical (unpaired) electrons. The molecule has 2 aliphatic rings. The quantitative estimate of drug-likeness (QED) is 0.392. The first-order valence-electron chi connectivity index (χ1n) is 13.1. The number of amides is 1. The summed E-state index contributed by atoms with van der Waals surface area (Å²) in [6.07, 6.45) is 6.79. The summed E-state index contributed by atoms with van der Waals surface area (Å²) in [5.74, 6) is -0.346. The highest BCUT2D eigenvalue weighted by atomic mass is 19.4. The number of alkyl halides is 3. The van der Waals surface area contributed by atoms with Crippen molar-refractivity contribution in [3.8, 4) is 0 Å². The first-order valence-corrected chi connectivity index (χ1v) is 13.1. The Labute approximate surface area is 233 Å². The topological polar surface area (TPSA) is 102 Å². The van der Waals surface area contributed by atoms with E-state index >= 15 is 0 Å². The molecule has 1 N–H and O–H groups in total. The molecule has 5 rings (SSSR count). The van der Waals surface area contributed by atoms with Gasteiger partial charge in [0, 0.05) is 42.8 Å². The highest BCUT2D eigenvalue weighted by molar-refractivity contribution is 6.05. The number of rotatable bonds is 8. The molecule has 3 aromatic heterocycles. The number of nitrogens with one attached hydrogen (secondary N) is 1. The van der Waals surface area contributed by atoms with E-state index in [1.807, 2.05) is 6.92 Å². The highest BCUT2D eigenvalue weighted by Crippen LogP contribution is 2.33. The third-order valence-electron chi connectivity index (χ3n) is 6.75. The zero-order valence-electron chi connectivity index (χ0n) is 22.2. The number of fused-ring (bicyclic) bond motifs is 1. The molecule has 1 aliphatic heterocycles. The molecular formula is C29H27F3N6O3. The molecule has 41 heavy (non-hydrogen) atoms. The molecule has 3 aromatic rings. The van der Waals surface area contributed by atoms with Crippen LogP contribution in [0.2, 0.25) is 0 Å². The standard InChI is InChI=1S/C29H27F3N6O3/c1-3-14-36-22-7-5-6-21(35-25(22)27(40)38(28(36)41)20-10-11-20)18-9-13-24(34-16-18)37(15-4-2)26(39)19-8-12-23(33-17-19)29(30,31)32/h4-9,12-13,16-17,20,35H,2-3,10-11,14-15H2,1H3. The second kappa shape index (κ2) is 11.0. The van der Waals surface area contributed by atoms with E-state index in [2.05, 4.69) is 21.9 Å². The van der Waals surface area contributed by atoms with Gasteiger partial charge in [-0.1, -0.05) is 19.1 Å². The maximum atomic E-state index is 13.4. The molecule has 12 heteroatoms. The average molecular weight is 565 g/mol. The lowest BCUT2D eigenvalue weighted by molar-refractivity contribution is -0.141. The molecule has 0 aromatic carbocycles. The number of hydrogen-bond acceptors (Lipinski definition) is 6. The van der Waals surface area contributed by atoms with Crippen LogP contribution < -0.4 is 21.5 Å². The van der Waals surface area contributed by atoms with Gasteiger partial charge in [0.05, 0.1) is 11.3 Å². The van der Waals surface area contributed by atoms with E-state index in [1.165, 1.54) is 21.7 Å². The van der Waals surface area contributed by atoms with Crippen molar-refractivity contribution >= 4 is 29.2 Å². The normalized spacial score (nSPS) is 14.5. The zero-order chi connectivity index (χ0) is 29.3. The van der Waals surface area contributed by atoms with Gasteiger partial charge in [0.1, 0.15) is 17.2 Å². The van der Waals surface area contributed by atoms with E-state index in [9.17, 15) is 27.6 Å². The van der Waals surface area contributed by atoms with E-state index < -0.39 is 17.8 Å². The molecule has 0 unspecified atom stereocenters. The minimum atomic E-state index is -4.62. The van der Waals surface area contributed by atoms with Gasteiger partial charge in [-0.25, -0.2) is 9.78 Å². The van der Waals surface area contributed by atoms with Crippen LogP contribution in [0.5, 0.6) is 0 Å². The SMILES string of the molecule is C=CCN(C(=O)c1ccc(C(F)(F)F)nc1)c1ccc(C2=CC=Cc3c(c(=O)n(C4CC4)c(=O)n3CCC)N2)cn1. The van der Waals surface area contributed by atoms with Gasteiger partial charge in [-0.2, -0.15) is 13.2 Å². The van der Waals surface area contributed by atoms with Crippen LogP contribution in [0.4, 0.5) is 24.7 Å². The Morgan fingerprint density at radius 1 is 1.17 bits per heavy atom. The molecule has 1 aliphatic carbocycles. The number of aromatic nitrogens is 4. The van der Waals surface area contributed by atoms with Crippen LogP contribution in [0.25, 0.3) is 11.8 Å². The van der Waals surface area contributed by atoms with Crippen LogP contribution >= 0.6 is 0 Å². The minimum Gasteiger partial charge on any atom is -0.349 e. The molecule has 0 atom stereocenters. The smallest absolute Gasteiger partial charge is 0.349 e. The van der Waals surface area contributed by atoms with Crippen LogP contribution in [0.1, 0.15) is 59.5 Å². The monoisotopic (exact) mass is 564 g/mol. The van der Waals surface area contributed by atoms with Gasteiger partial charge in [0.25, 0.3) is 11.5 Å². The van der Waals surface area contributed by atoms with Gasteiger partial charge in [0.2, 0.25) is 0 Å². The van der Waals surface area contributed by atoms with Crippen molar-refractivity contribution in [2.24, 2.45) is 0 Å². The van der Waals surface area contributed by atoms with Crippen molar-refractivity contribution in [1.29, 1.82) is 0 Å². The van der Waals surface area contributed by atoms with E-state index in [1.54, 1.807) is 34.9 Å². The number of carbonyl (C=O) groups excluding carboxylic acids is 1. The van der Waals surface area contributed by atoms with Crippen LogP contribution in [0.3, 0.4) is 0 Å². The first kappa shape index (κ1) is 27.8. The molecule has 1 saturated carbocycles. The van der Waals surface area contributed by atoms with Crippen molar-refractivity contribution < 1.29 is 18.0 Å². The molecule has 0 spiro atoms. The summed E-state index contributed by atoms with van der Waals surface area (Å²) in [5.41, 5.74) is 0.152. The lowest BCUT2D eigenvalue weighted by Gasteiger charge is -2.21. The van der Waals surface area contributed by atoms with Crippen molar-refractivity contribution in [2.75, 3.05) is 16.8 Å². The first-order chi connectivity index (χ1) is 19.6. The lowest BCUT2D eigenvalue weighted by atomic mass is 10.2. The van der Waals surface area contributed by atoms with Gasteiger partial charge < -0.3 is 5.32 Å². The van der Waals surface area contributed by atoms with Gasteiger partial charge in [-0.3, -0.25) is 28.6 Å². The summed E-state index contributed by atoms with van der Waals surface area (Å²) in [5, 5.41) is 3.20. The molecule has 0 saturated heterocycles. The number of halogens is 3. The molecule has 212 valence electrons. The summed E-state index contributed by atoms with van der Waals surface area (Å²) in [6.45, 7) is 6.14. The zero-order valence-corrected chi connectivity index (χ0v) is 22.2. The van der Waals surface area contributed by atoms with Gasteiger partial charge in [-0.05, 0) is 55.7 Å². The maximum absolute atomic E-state index is 13.4. The fourth-order valence-corrected chi connectivity index (χ4v) is 4.61. The van der Waals surface area contributed by atoms with Crippen molar-refractivity contribution in [3.05, 3.63) is 105 Å². The van der Waals surface area contributed by atoms with Crippen LogP contribution in [-0.2, 0) is 12.7 Å². The maximum Gasteiger partial charge on any atom is 0.433 e. The summed E-state index contributed by atoms with van der Waals surface area (Å²) >= 11 is 0. The van der Waals surface area contributed by atoms with Gasteiger partial charge >= 0.3 is 11.9 Å². The van der Waals surface area contributed by atoms with Crippen LogP contribution in [-0.4, -0.2) is 31.6 Å². The third-order valence-corrected chi connectivity index (χ3v) is 6.75. The number of allylic oxidation sites excluding steroid dienone is 2. The van der Waals surface area contributed by atoms with E-state index in [0.717, 1.165) is 37.6 Å². The fourth-order valence-electron chi connectivity index (χ4n) is 4.61. The van der Waals surface area contributed by atoms with Crippen molar-refractivity contribution in [2.45, 2.75) is 44.9 Å². The third kappa shape index (κ3) is 5.49. The van der Waals surface area contributed by atoms with Crippen LogP contribution in [0.15, 0.2) is 71.1 Å². The second-order valence-electron chi connectivity index (χ2n) is 9.70. The Hall–Kier alpha value is -4.74. The predicted octanol–water partition coefficient (Wildman–Crippen LogP) is 4.88. The number of pyridine rings is 2. The molecule has 9 nitrogen and oxygen atoms in total. The second-order valence-corrected chi connectivity index (χ2v) is 9.70. The van der Waals surface area contributed by atoms with E-state index in [-0.39, 0.29) is 35.2 Å². The fraction of sp³-hybridized carbons (Fsp3) is 0.276. The predicted molar refractivity (Wildman–Crippen MR) is 150 cm³/mol. The Bertz CT molecular complexity index is 1660. The summed E-state index contributed by atoms with van der Waals surface area (Å²) < 4.78 is 41.6. The minimum absolute atomic E-state index is 0.0364. The summed E-state index contributed by atoms with van der Waals surface area (Å²) in [4.78, 5) is 48.7. The largest absolute Gasteiger partial charge is 0.433 e. The average Bonchev–Trinajstić information content (AvgIpc) is 3.81. The molecule has 0 bridgehead atoms. The Morgan fingerprint density at radius 2 is 1.95 bits per heavy atom. The Balaban J connectivity index is 1.44. The van der Waals surface area contributed by atoms with E-state index in [4.69, 9.17) is 0 Å². The Kier molecular flexibility index (Phi) is 7.48. The number of carbonyl (C=O) groups is 1. The molecular weight excluding hydrogens is 537 g/mol. The van der Waals surface area contributed by atoms with Crippen molar-refractivity contribution in [1.82, 2.24) is 19.1 Å². The molecule has 4 heterocycles. The Morgan fingerprint density at radius 3 is 2.54 bits per heavy atom. The lowest BCUT2D eigenvalue weighted by Crippen LogP contribution is -2.41.